The van der Waals surface area contributed by atoms with Crippen molar-refractivity contribution in [3.8, 4) is 5.75 Å². The van der Waals surface area contributed by atoms with E-state index in [-0.39, 0.29) is 62.8 Å². The van der Waals surface area contributed by atoms with Crippen molar-refractivity contribution in [3.63, 3.8) is 0 Å². The molecular weight excluding hydrogens is 480 g/mol. The highest BCUT2D eigenvalue weighted by Gasteiger charge is 2.45. The molecule has 1 aromatic rings. The smallest absolute Gasteiger partial charge is 0.329 e. The maximum absolute atomic E-state index is 13.0. The molecule has 1 atom stereocenters. The van der Waals surface area contributed by atoms with E-state index in [9.17, 15) is 24.0 Å². The van der Waals surface area contributed by atoms with E-state index in [1.165, 1.54) is 6.07 Å². The number of nitrogens with one attached hydrogen (secondary N) is 1. The summed E-state index contributed by atoms with van der Waals surface area (Å²) >= 11 is 0. The molecule has 1 fully saturated rings. The second-order valence-electron chi connectivity index (χ2n) is 7.76. The van der Waals surface area contributed by atoms with Gasteiger partial charge in [0.15, 0.2) is 0 Å². The standard InChI is InChI=1S/C23H28N2O11/c26-18-5-4-16(21(29)24-18)25-22(30)15-2-1-3-17(20(15)23(25)31)36-13-12-34-9-8-32-6-7-33-10-11-35-14-19(27)28/h1-3,16H,4-14H2,(H,27,28)(H,24,26,29). The van der Waals surface area contributed by atoms with Gasteiger partial charge in [0.1, 0.15) is 25.0 Å². The van der Waals surface area contributed by atoms with Crippen molar-refractivity contribution in [3.05, 3.63) is 29.3 Å². The van der Waals surface area contributed by atoms with Crippen LogP contribution in [-0.2, 0) is 33.3 Å². The molecule has 36 heavy (non-hydrogen) atoms. The number of benzene rings is 1. The van der Waals surface area contributed by atoms with Gasteiger partial charge in [0.05, 0.1) is 57.4 Å². The summed E-state index contributed by atoms with van der Waals surface area (Å²) in [6.45, 7) is 1.74. The van der Waals surface area contributed by atoms with Gasteiger partial charge in [-0.1, -0.05) is 6.07 Å². The monoisotopic (exact) mass is 508 g/mol. The predicted molar refractivity (Wildman–Crippen MR) is 120 cm³/mol. The Labute approximate surface area is 206 Å². The number of carbonyl (C=O) groups is 5. The zero-order valence-electron chi connectivity index (χ0n) is 19.6. The topological polar surface area (TPSA) is 167 Å². The molecular formula is C23H28N2O11. The van der Waals surface area contributed by atoms with Crippen molar-refractivity contribution >= 4 is 29.6 Å². The van der Waals surface area contributed by atoms with Crippen molar-refractivity contribution in [1.29, 1.82) is 0 Å². The highest BCUT2D eigenvalue weighted by molar-refractivity contribution is 6.24. The van der Waals surface area contributed by atoms with Crippen molar-refractivity contribution < 1.29 is 52.8 Å². The third kappa shape index (κ3) is 7.31. The van der Waals surface area contributed by atoms with Crippen LogP contribution >= 0.6 is 0 Å². The molecule has 2 heterocycles. The third-order valence-electron chi connectivity index (χ3n) is 5.26. The number of aliphatic carboxylic acids is 1. The molecule has 2 aliphatic heterocycles. The first kappa shape index (κ1) is 27.2. The molecule has 4 amide bonds. The molecule has 1 aromatic carbocycles. The lowest BCUT2D eigenvalue weighted by atomic mass is 10.0. The first-order valence-corrected chi connectivity index (χ1v) is 11.4. The van der Waals surface area contributed by atoms with Crippen LogP contribution in [0.3, 0.4) is 0 Å². The summed E-state index contributed by atoms with van der Waals surface area (Å²) in [4.78, 5) is 60.5. The zero-order valence-corrected chi connectivity index (χ0v) is 19.6. The summed E-state index contributed by atoms with van der Waals surface area (Å²) in [5, 5.41) is 10.6. The summed E-state index contributed by atoms with van der Waals surface area (Å²) in [5.41, 5.74) is 0.232. The molecule has 0 spiro atoms. The number of hydrogen-bond acceptors (Lipinski definition) is 10. The molecule has 0 aromatic heterocycles. The second-order valence-corrected chi connectivity index (χ2v) is 7.76. The summed E-state index contributed by atoms with van der Waals surface area (Å²) in [7, 11) is 0. The Hall–Kier alpha value is -3.39. The largest absolute Gasteiger partial charge is 0.490 e. The predicted octanol–water partition coefficient (Wildman–Crippen LogP) is -0.382. The maximum atomic E-state index is 13.0. The Morgan fingerprint density at radius 2 is 1.50 bits per heavy atom. The number of hydrogen-bond donors (Lipinski definition) is 2. The SMILES string of the molecule is O=C(O)COCCOCCOCCOCCOc1cccc2c1C(=O)N(C1CCC(=O)NC1=O)C2=O. The molecule has 13 heteroatoms. The van der Waals surface area contributed by atoms with E-state index in [1.54, 1.807) is 12.1 Å². The number of ether oxygens (including phenoxy) is 5. The van der Waals surface area contributed by atoms with Gasteiger partial charge in [-0.15, -0.1) is 0 Å². The third-order valence-corrected chi connectivity index (χ3v) is 5.26. The van der Waals surface area contributed by atoms with E-state index in [1.807, 2.05) is 0 Å². The van der Waals surface area contributed by atoms with E-state index < -0.39 is 35.6 Å². The summed E-state index contributed by atoms with van der Waals surface area (Å²) in [5.74, 6) is -3.16. The zero-order chi connectivity index (χ0) is 25.9. The van der Waals surface area contributed by atoms with Crippen molar-refractivity contribution in [2.45, 2.75) is 18.9 Å². The highest BCUT2D eigenvalue weighted by Crippen LogP contribution is 2.33. The molecule has 13 nitrogen and oxygen atoms in total. The highest BCUT2D eigenvalue weighted by atomic mass is 16.6. The first-order chi connectivity index (χ1) is 17.4. The molecule has 0 radical (unpaired) electrons. The Bertz CT molecular complexity index is 981. The minimum atomic E-state index is -1.04. The first-order valence-electron chi connectivity index (χ1n) is 11.4. The quantitative estimate of drug-likeness (QED) is 0.221. The van der Waals surface area contributed by atoms with Crippen molar-refractivity contribution in [2.75, 3.05) is 59.5 Å². The fourth-order valence-corrected chi connectivity index (χ4v) is 3.63. The fraction of sp³-hybridized carbons (Fsp3) is 0.522. The van der Waals surface area contributed by atoms with Crippen LogP contribution in [0.4, 0.5) is 0 Å². The molecule has 0 bridgehead atoms. The number of carboxylic acids is 1. The Kier molecular flexibility index (Phi) is 10.3. The van der Waals surface area contributed by atoms with Crippen LogP contribution < -0.4 is 10.1 Å². The number of amides is 4. The number of fused-ring (bicyclic) bond motifs is 1. The molecule has 0 aliphatic carbocycles. The van der Waals surface area contributed by atoms with Crippen LogP contribution in [0.1, 0.15) is 33.6 Å². The van der Waals surface area contributed by atoms with E-state index in [0.29, 0.717) is 26.4 Å². The van der Waals surface area contributed by atoms with Crippen LogP contribution in [0.5, 0.6) is 5.75 Å². The Morgan fingerprint density at radius 1 is 0.889 bits per heavy atom. The van der Waals surface area contributed by atoms with Crippen LogP contribution in [0.15, 0.2) is 18.2 Å². The minimum absolute atomic E-state index is 0.0464. The van der Waals surface area contributed by atoms with Gasteiger partial charge in [-0.2, -0.15) is 0 Å². The lowest BCUT2D eigenvalue weighted by Gasteiger charge is -2.27. The number of carbonyl (C=O) groups excluding carboxylic acids is 4. The van der Waals surface area contributed by atoms with Crippen LogP contribution in [0.25, 0.3) is 0 Å². The molecule has 0 saturated carbocycles. The number of nitrogens with zero attached hydrogens (tertiary/aromatic N) is 1. The van der Waals surface area contributed by atoms with Crippen LogP contribution in [-0.4, -0.2) is 105 Å². The van der Waals surface area contributed by atoms with Gasteiger partial charge >= 0.3 is 5.97 Å². The van der Waals surface area contributed by atoms with Crippen LogP contribution in [0.2, 0.25) is 0 Å². The van der Waals surface area contributed by atoms with Gasteiger partial charge in [-0.05, 0) is 18.6 Å². The van der Waals surface area contributed by atoms with Gasteiger partial charge in [-0.25, -0.2) is 4.79 Å². The lowest BCUT2D eigenvalue weighted by Crippen LogP contribution is -2.54. The molecule has 196 valence electrons. The lowest BCUT2D eigenvalue weighted by molar-refractivity contribution is -0.143. The van der Waals surface area contributed by atoms with E-state index in [0.717, 1.165) is 4.90 Å². The average molecular weight is 508 g/mol. The number of rotatable bonds is 16. The van der Waals surface area contributed by atoms with Gasteiger partial charge in [0.2, 0.25) is 11.8 Å². The number of carboxylic acid groups (broad SMARTS) is 1. The van der Waals surface area contributed by atoms with E-state index >= 15 is 0 Å². The number of imide groups is 2. The van der Waals surface area contributed by atoms with E-state index in [4.69, 9.17) is 28.8 Å². The second kappa shape index (κ2) is 13.6. The molecule has 1 saturated heterocycles. The molecule has 3 rings (SSSR count). The van der Waals surface area contributed by atoms with Gasteiger partial charge in [0, 0.05) is 6.42 Å². The summed E-state index contributed by atoms with van der Waals surface area (Å²) in [6, 6.07) is 3.60. The maximum Gasteiger partial charge on any atom is 0.329 e. The average Bonchev–Trinajstić information content (AvgIpc) is 3.09. The summed E-state index contributed by atoms with van der Waals surface area (Å²) < 4.78 is 26.5. The van der Waals surface area contributed by atoms with Gasteiger partial charge in [-0.3, -0.25) is 29.4 Å². The fourth-order valence-electron chi connectivity index (χ4n) is 3.63. The van der Waals surface area contributed by atoms with E-state index in [2.05, 4.69) is 5.32 Å². The normalized spacial score (nSPS) is 17.3. The van der Waals surface area contributed by atoms with Gasteiger partial charge in [0.25, 0.3) is 11.8 Å². The van der Waals surface area contributed by atoms with Crippen molar-refractivity contribution in [1.82, 2.24) is 10.2 Å². The Morgan fingerprint density at radius 3 is 2.11 bits per heavy atom. The molecule has 2 N–H and O–H groups in total. The molecule has 1 unspecified atom stereocenters. The van der Waals surface area contributed by atoms with Gasteiger partial charge < -0.3 is 28.8 Å². The number of piperidine rings is 1. The Balaban J connectivity index is 1.33. The van der Waals surface area contributed by atoms with Crippen molar-refractivity contribution in [2.24, 2.45) is 0 Å². The van der Waals surface area contributed by atoms with Crippen LogP contribution in [0, 0.1) is 0 Å². The minimum Gasteiger partial charge on any atom is -0.490 e. The molecule has 2 aliphatic rings. The summed E-state index contributed by atoms with van der Waals surface area (Å²) in [6.07, 6.45) is 0.125.